The van der Waals surface area contributed by atoms with Crippen LogP contribution in [0.2, 0.25) is 0 Å². The summed E-state index contributed by atoms with van der Waals surface area (Å²) in [6.45, 7) is 5.36. The highest BCUT2D eigenvalue weighted by molar-refractivity contribution is 8.22. The van der Waals surface area contributed by atoms with E-state index in [0.717, 1.165) is 31.4 Å². The summed E-state index contributed by atoms with van der Waals surface area (Å²) < 4.78 is 11.3. The van der Waals surface area contributed by atoms with Gasteiger partial charge in [-0.1, -0.05) is 31.5 Å². The lowest BCUT2D eigenvalue weighted by Gasteiger charge is -2.24. The van der Waals surface area contributed by atoms with E-state index >= 15 is 0 Å². The van der Waals surface area contributed by atoms with Crippen molar-refractivity contribution in [3.63, 3.8) is 0 Å². The van der Waals surface area contributed by atoms with Gasteiger partial charge in [-0.3, -0.25) is 0 Å². The zero-order valence-electron chi connectivity index (χ0n) is 12.6. The largest absolute Gasteiger partial charge is 0.479 e. The van der Waals surface area contributed by atoms with Gasteiger partial charge in [-0.25, -0.2) is 0 Å². The van der Waals surface area contributed by atoms with Crippen LogP contribution in [0.15, 0.2) is 0 Å². The summed E-state index contributed by atoms with van der Waals surface area (Å²) >= 11 is 6.63. The predicted octanol–water partition coefficient (Wildman–Crippen LogP) is 2.61. The SMILES string of the molecule is CCOC(=S)SCCCCCCOCC(C)(CO)CO. The van der Waals surface area contributed by atoms with E-state index in [4.69, 9.17) is 31.9 Å². The van der Waals surface area contributed by atoms with Crippen LogP contribution in [0.25, 0.3) is 0 Å². The summed E-state index contributed by atoms with van der Waals surface area (Å²) in [7, 11) is 0. The van der Waals surface area contributed by atoms with Crippen LogP contribution >= 0.6 is 24.0 Å². The number of hydrogen-bond donors (Lipinski definition) is 2. The summed E-state index contributed by atoms with van der Waals surface area (Å²) in [5.41, 5.74) is -0.522. The molecular weight excluding hydrogens is 296 g/mol. The third kappa shape index (κ3) is 10.9. The van der Waals surface area contributed by atoms with Gasteiger partial charge in [-0.05, 0) is 32.0 Å². The van der Waals surface area contributed by atoms with Crippen molar-refractivity contribution in [2.45, 2.75) is 39.5 Å². The Bertz CT molecular complexity index is 245. The normalized spacial score (nSPS) is 11.6. The van der Waals surface area contributed by atoms with Crippen molar-refractivity contribution in [1.82, 2.24) is 0 Å². The Hall–Kier alpha value is 0.120. The average molecular weight is 325 g/mol. The lowest BCUT2D eigenvalue weighted by Crippen LogP contribution is -2.31. The fraction of sp³-hybridized carbons (Fsp3) is 0.929. The van der Waals surface area contributed by atoms with Crippen LogP contribution in [0.5, 0.6) is 0 Å². The fourth-order valence-electron chi connectivity index (χ4n) is 1.43. The van der Waals surface area contributed by atoms with Crippen LogP contribution in [-0.2, 0) is 9.47 Å². The highest BCUT2D eigenvalue weighted by Gasteiger charge is 2.22. The van der Waals surface area contributed by atoms with Gasteiger partial charge in [-0.2, -0.15) is 0 Å². The first-order valence-electron chi connectivity index (χ1n) is 7.17. The molecule has 0 radical (unpaired) electrons. The third-order valence-electron chi connectivity index (χ3n) is 2.88. The molecule has 0 atom stereocenters. The monoisotopic (exact) mass is 324 g/mol. The smallest absolute Gasteiger partial charge is 0.219 e. The topological polar surface area (TPSA) is 58.9 Å². The molecule has 0 saturated carbocycles. The van der Waals surface area contributed by atoms with Gasteiger partial charge < -0.3 is 19.7 Å². The molecule has 0 heterocycles. The molecular formula is C14H28O4S2. The Morgan fingerprint density at radius 2 is 1.80 bits per heavy atom. The first kappa shape index (κ1) is 20.1. The van der Waals surface area contributed by atoms with Gasteiger partial charge in [0.15, 0.2) is 0 Å². The van der Waals surface area contributed by atoms with E-state index in [-0.39, 0.29) is 13.2 Å². The molecule has 0 rings (SSSR count). The minimum absolute atomic E-state index is 0.0551. The van der Waals surface area contributed by atoms with Crippen LogP contribution in [-0.4, -0.2) is 53.4 Å². The van der Waals surface area contributed by atoms with Gasteiger partial charge in [0, 0.05) is 17.8 Å². The molecule has 20 heavy (non-hydrogen) atoms. The molecule has 0 saturated heterocycles. The van der Waals surface area contributed by atoms with Crippen LogP contribution in [0.4, 0.5) is 0 Å². The summed E-state index contributed by atoms with van der Waals surface area (Å²) in [4.78, 5) is 0. The van der Waals surface area contributed by atoms with Crippen molar-refractivity contribution < 1.29 is 19.7 Å². The molecule has 2 N–H and O–H groups in total. The quantitative estimate of drug-likeness (QED) is 0.425. The second kappa shape index (κ2) is 12.8. The molecule has 0 unspecified atom stereocenters. The standard InChI is InChI=1S/C14H28O4S2/c1-3-18-13(19)20-9-7-5-4-6-8-17-12-14(2,10-15)11-16/h15-16H,3-12H2,1-2H3. The van der Waals surface area contributed by atoms with Crippen molar-refractivity contribution in [3.05, 3.63) is 0 Å². The van der Waals surface area contributed by atoms with E-state index in [1.807, 2.05) is 13.8 Å². The zero-order valence-corrected chi connectivity index (χ0v) is 14.2. The van der Waals surface area contributed by atoms with E-state index in [1.165, 1.54) is 0 Å². The molecule has 0 aliphatic carbocycles. The maximum atomic E-state index is 9.11. The molecule has 0 aliphatic rings. The number of unbranched alkanes of at least 4 members (excludes halogenated alkanes) is 3. The van der Waals surface area contributed by atoms with Crippen molar-refractivity contribution >= 4 is 28.4 Å². The van der Waals surface area contributed by atoms with Crippen molar-refractivity contribution in [2.24, 2.45) is 5.41 Å². The second-order valence-electron chi connectivity index (χ2n) is 5.13. The van der Waals surface area contributed by atoms with Crippen LogP contribution in [0, 0.1) is 5.41 Å². The number of aliphatic hydroxyl groups is 2. The number of hydrogen-bond acceptors (Lipinski definition) is 6. The maximum absolute atomic E-state index is 9.11. The lowest BCUT2D eigenvalue weighted by molar-refractivity contribution is -0.0169. The molecule has 0 aliphatic heterocycles. The highest BCUT2D eigenvalue weighted by Crippen LogP contribution is 2.15. The van der Waals surface area contributed by atoms with E-state index < -0.39 is 5.41 Å². The maximum Gasteiger partial charge on any atom is 0.219 e. The van der Waals surface area contributed by atoms with Gasteiger partial charge in [0.1, 0.15) is 0 Å². The lowest BCUT2D eigenvalue weighted by atomic mass is 9.95. The molecule has 120 valence electrons. The van der Waals surface area contributed by atoms with Crippen LogP contribution in [0.3, 0.4) is 0 Å². The molecule has 0 bridgehead atoms. The Balaban J connectivity index is 3.31. The number of rotatable bonds is 12. The minimum atomic E-state index is -0.522. The molecule has 4 nitrogen and oxygen atoms in total. The second-order valence-corrected chi connectivity index (χ2v) is 6.82. The van der Waals surface area contributed by atoms with Crippen LogP contribution in [0.1, 0.15) is 39.5 Å². The Morgan fingerprint density at radius 1 is 1.15 bits per heavy atom. The van der Waals surface area contributed by atoms with E-state index in [2.05, 4.69) is 0 Å². The Morgan fingerprint density at radius 3 is 2.40 bits per heavy atom. The number of aliphatic hydroxyl groups excluding tert-OH is 2. The molecule has 0 amide bonds. The molecule has 0 aromatic heterocycles. The first-order chi connectivity index (χ1) is 9.58. The molecule has 0 aromatic rings. The molecule has 6 heteroatoms. The molecule has 0 spiro atoms. The number of thioether (sulfide) groups is 1. The van der Waals surface area contributed by atoms with Gasteiger partial charge in [-0.15, -0.1) is 0 Å². The van der Waals surface area contributed by atoms with Crippen LogP contribution < -0.4 is 0 Å². The predicted molar refractivity (Wildman–Crippen MR) is 88.2 cm³/mol. The summed E-state index contributed by atoms with van der Waals surface area (Å²) in [5.74, 6) is 1.01. The fourth-order valence-corrected chi connectivity index (χ4v) is 2.52. The van der Waals surface area contributed by atoms with E-state index in [1.54, 1.807) is 11.8 Å². The summed E-state index contributed by atoms with van der Waals surface area (Å²) in [6, 6.07) is 0. The minimum Gasteiger partial charge on any atom is -0.479 e. The molecule has 0 aromatic carbocycles. The van der Waals surface area contributed by atoms with Crippen molar-refractivity contribution in [3.8, 4) is 0 Å². The third-order valence-corrected chi connectivity index (χ3v) is 4.20. The van der Waals surface area contributed by atoms with Crippen molar-refractivity contribution in [1.29, 1.82) is 0 Å². The van der Waals surface area contributed by atoms with Gasteiger partial charge in [0.05, 0.1) is 26.4 Å². The highest BCUT2D eigenvalue weighted by atomic mass is 32.2. The zero-order chi connectivity index (χ0) is 15.3. The Labute approximate surface area is 132 Å². The molecule has 0 fully saturated rings. The summed E-state index contributed by atoms with van der Waals surface area (Å²) in [5, 5.41) is 18.2. The first-order valence-corrected chi connectivity index (χ1v) is 8.56. The van der Waals surface area contributed by atoms with Gasteiger partial charge >= 0.3 is 0 Å². The van der Waals surface area contributed by atoms with Gasteiger partial charge in [0.2, 0.25) is 4.38 Å². The van der Waals surface area contributed by atoms with E-state index in [0.29, 0.717) is 24.2 Å². The van der Waals surface area contributed by atoms with Gasteiger partial charge in [0.25, 0.3) is 0 Å². The number of thiocarbonyl (C=S) groups is 1. The van der Waals surface area contributed by atoms with Crippen molar-refractivity contribution in [2.75, 3.05) is 38.8 Å². The Kier molecular flexibility index (Phi) is 12.9. The van der Waals surface area contributed by atoms with E-state index in [9.17, 15) is 0 Å². The summed E-state index contributed by atoms with van der Waals surface area (Å²) in [6.07, 6.45) is 4.41. The average Bonchev–Trinajstić information content (AvgIpc) is 2.45. The number of ether oxygens (including phenoxy) is 2.